The average Bonchev–Trinajstić information content (AvgIpc) is 2.86. The zero-order valence-electron chi connectivity index (χ0n) is 26.7. The van der Waals surface area contributed by atoms with Crippen molar-refractivity contribution >= 4 is 11.9 Å². The molecule has 1 saturated carbocycles. The second kappa shape index (κ2) is 18.3. The molecule has 38 heavy (non-hydrogen) atoms. The van der Waals surface area contributed by atoms with Gasteiger partial charge in [-0.1, -0.05) is 107 Å². The summed E-state index contributed by atoms with van der Waals surface area (Å²) in [6.07, 6.45) is 18.0. The van der Waals surface area contributed by atoms with Crippen molar-refractivity contribution < 1.29 is 19.1 Å². The first-order valence-corrected chi connectivity index (χ1v) is 16.2. The van der Waals surface area contributed by atoms with Crippen LogP contribution in [0.3, 0.4) is 0 Å². The third-order valence-electron chi connectivity index (χ3n) is 8.63. The molecule has 0 spiro atoms. The molecule has 2 atom stereocenters. The number of ether oxygens (including phenoxy) is 2. The van der Waals surface area contributed by atoms with E-state index in [-0.39, 0.29) is 23.8 Å². The first-order valence-electron chi connectivity index (χ1n) is 16.2. The molecule has 1 rings (SSSR count). The van der Waals surface area contributed by atoms with Crippen molar-refractivity contribution in [2.24, 2.45) is 34.5 Å². The zero-order chi connectivity index (χ0) is 28.6. The predicted molar refractivity (Wildman–Crippen MR) is 160 cm³/mol. The van der Waals surface area contributed by atoms with Crippen LogP contribution < -0.4 is 0 Å². The second-order valence-electron chi connectivity index (χ2n) is 14.4. The van der Waals surface area contributed by atoms with Gasteiger partial charge in [0, 0.05) is 0 Å². The van der Waals surface area contributed by atoms with E-state index in [2.05, 4.69) is 55.4 Å². The second-order valence-corrected chi connectivity index (χ2v) is 14.4. The smallest absolute Gasteiger partial charge is 0.308 e. The third kappa shape index (κ3) is 15.5. The summed E-state index contributed by atoms with van der Waals surface area (Å²) in [5.41, 5.74) is 0.583. The lowest BCUT2D eigenvalue weighted by Gasteiger charge is -2.30. The highest BCUT2D eigenvalue weighted by molar-refractivity contribution is 5.75. The van der Waals surface area contributed by atoms with Crippen molar-refractivity contribution in [3.63, 3.8) is 0 Å². The molecule has 1 fully saturated rings. The SMILES string of the molecule is CCCCCCC(C)(C)CC(C)COC(=O)C1CCC(C(=O)OCC(C)CC(C)(C)CCCCCC)CC1. The Kier molecular flexibility index (Phi) is 16.9. The fourth-order valence-corrected chi connectivity index (χ4v) is 6.52. The van der Waals surface area contributed by atoms with E-state index in [1.165, 1.54) is 64.2 Å². The van der Waals surface area contributed by atoms with Crippen molar-refractivity contribution in [3.05, 3.63) is 0 Å². The minimum atomic E-state index is -0.0702. The molecule has 0 bridgehead atoms. The molecule has 224 valence electrons. The molecule has 0 N–H and O–H groups in total. The number of carbonyl (C=O) groups excluding carboxylic acids is 2. The highest BCUT2D eigenvalue weighted by Gasteiger charge is 2.32. The van der Waals surface area contributed by atoms with Crippen LogP contribution in [0.1, 0.15) is 158 Å². The van der Waals surface area contributed by atoms with Crippen LogP contribution in [-0.4, -0.2) is 25.2 Å². The van der Waals surface area contributed by atoms with Crippen molar-refractivity contribution in [1.82, 2.24) is 0 Å². The number of esters is 2. The molecule has 0 aromatic rings. The Morgan fingerprint density at radius 2 is 0.974 bits per heavy atom. The van der Waals surface area contributed by atoms with E-state index >= 15 is 0 Å². The summed E-state index contributed by atoms with van der Waals surface area (Å²) in [6.45, 7) is 19.3. The van der Waals surface area contributed by atoms with E-state index in [4.69, 9.17) is 9.47 Å². The predicted octanol–water partition coefficient (Wildman–Crippen LogP) is 9.92. The maximum Gasteiger partial charge on any atom is 0.308 e. The Bertz CT molecular complexity index is 589. The van der Waals surface area contributed by atoms with Gasteiger partial charge in [0.25, 0.3) is 0 Å². The molecule has 4 nitrogen and oxygen atoms in total. The normalized spacial score (nSPS) is 20.1. The van der Waals surface area contributed by atoms with E-state index in [1.807, 2.05) is 0 Å². The van der Waals surface area contributed by atoms with Gasteiger partial charge in [-0.05, 0) is 74.0 Å². The Morgan fingerprint density at radius 3 is 1.29 bits per heavy atom. The van der Waals surface area contributed by atoms with Crippen LogP contribution in [0.15, 0.2) is 0 Å². The van der Waals surface area contributed by atoms with Gasteiger partial charge in [0.2, 0.25) is 0 Å². The van der Waals surface area contributed by atoms with Gasteiger partial charge in [-0.15, -0.1) is 0 Å². The minimum Gasteiger partial charge on any atom is -0.465 e. The molecular weight excluding hydrogens is 472 g/mol. The molecular formula is C34H64O4. The van der Waals surface area contributed by atoms with E-state index in [0.29, 0.717) is 35.9 Å². The van der Waals surface area contributed by atoms with Crippen molar-refractivity contribution in [2.75, 3.05) is 13.2 Å². The van der Waals surface area contributed by atoms with Crippen LogP contribution in [0, 0.1) is 34.5 Å². The van der Waals surface area contributed by atoms with Crippen molar-refractivity contribution in [1.29, 1.82) is 0 Å². The highest BCUT2D eigenvalue weighted by Crippen LogP contribution is 2.34. The maximum absolute atomic E-state index is 12.7. The van der Waals surface area contributed by atoms with E-state index in [9.17, 15) is 9.59 Å². The molecule has 0 radical (unpaired) electrons. The molecule has 2 unspecified atom stereocenters. The summed E-state index contributed by atoms with van der Waals surface area (Å²) in [6, 6.07) is 0. The van der Waals surface area contributed by atoms with Gasteiger partial charge in [0.15, 0.2) is 0 Å². The van der Waals surface area contributed by atoms with E-state index in [0.717, 1.165) is 38.5 Å². The van der Waals surface area contributed by atoms with Gasteiger partial charge in [0.1, 0.15) is 0 Å². The largest absolute Gasteiger partial charge is 0.465 e. The van der Waals surface area contributed by atoms with Gasteiger partial charge >= 0.3 is 11.9 Å². The molecule has 0 heterocycles. The summed E-state index contributed by atoms with van der Waals surface area (Å²) in [5.74, 6) is 0.462. The molecule has 0 aromatic heterocycles. The summed E-state index contributed by atoms with van der Waals surface area (Å²) < 4.78 is 11.5. The first-order chi connectivity index (χ1) is 17.9. The lowest BCUT2D eigenvalue weighted by atomic mass is 9.79. The highest BCUT2D eigenvalue weighted by atomic mass is 16.5. The van der Waals surface area contributed by atoms with Crippen molar-refractivity contribution in [3.8, 4) is 0 Å². The zero-order valence-corrected chi connectivity index (χ0v) is 26.7. The molecule has 0 aromatic carbocycles. The molecule has 1 aliphatic rings. The van der Waals surface area contributed by atoms with Crippen LogP contribution in [0.5, 0.6) is 0 Å². The fourth-order valence-electron chi connectivity index (χ4n) is 6.52. The lowest BCUT2D eigenvalue weighted by Crippen LogP contribution is -2.30. The van der Waals surface area contributed by atoms with Gasteiger partial charge in [-0.25, -0.2) is 0 Å². The number of carbonyl (C=O) groups is 2. The lowest BCUT2D eigenvalue weighted by molar-refractivity contribution is -0.156. The Morgan fingerprint density at radius 1 is 0.632 bits per heavy atom. The van der Waals surface area contributed by atoms with Crippen LogP contribution in [0.25, 0.3) is 0 Å². The number of unbranched alkanes of at least 4 members (excludes halogenated alkanes) is 6. The summed E-state index contributed by atoms with van der Waals surface area (Å²) in [5, 5.41) is 0. The van der Waals surface area contributed by atoms with Crippen LogP contribution in [0.2, 0.25) is 0 Å². The number of rotatable bonds is 20. The molecule has 0 amide bonds. The first kappa shape index (κ1) is 35.0. The van der Waals surface area contributed by atoms with Crippen molar-refractivity contribution in [2.45, 2.75) is 158 Å². The minimum absolute atomic E-state index is 0.0688. The third-order valence-corrected chi connectivity index (χ3v) is 8.63. The quantitative estimate of drug-likeness (QED) is 0.115. The molecule has 1 aliphatic carbocycles. The van der Waals surface area contributed by atoms with Crippen LogP contribution >= 0.6 is 0 Å². The van der Waals surface area contributed by atoms with Gasteiger partial charge in [0.05, 0.1) is 25.0 Å². The fraction of sp³-hybridized carbons (Fsp3) is 0.941. The standard InChI is InChI=1S/C34H64O4/c1-9-11-13-15-21-33(5,6)23-27(3)25-37-31(35)29-17-19-30(20-18-29)32(36)38-26-28(4)24-34(7,8)22-16-14-12-10-2/h27-30H,9-26H2,1-8H3. The van der Waals surface area contributed by atoms with Gasteiger partial charge < -0.3 is 9.47 Å². The molecule has 0 aliphatic heterocycles. The monoisotopic (exact) mass is 536 g/mol. The van der Waals surface area contributed by atoms with Gasteiger partial charge in [-0.2, -0.15) is 0 Å². The van der Waals surface area contributed by atoms with Crippen LogP contribution in [0.4, 0.5) is 0 Å². The molecule has 0 saturated heterocycles. The van der Waals surface area contributed by atoms with E-state index < -0.39 is 0 Å². The summed E-state index contributed by atoms with van der Waals surface area (Å²) in [4.78, 5) is 25.4. The van der Waals surface area contributed by atoms with Crippen LogP contribution in [-0.2, 0) is 19.1 Å². The Labute approximate surface area is 236 Å². The Hall–Kier alpha value is -1.06. The maximum atomic E-state index is 12.7. The topological polar surface area (TPSA) is 52.6 Å². The Balaban J connectivity index is 2.28. The number of hydrogen-bond donors (Lipinski definition) is 0. The van der Waals surface area contributed by atoms with E-state index in [1.54, 1.807) is 0 Å². The number of hydrogen-bond acceptors (Lipinski definition) is 4. The summed E-state index contributed by atoms with van der Waals surface area (Å²) in [7, 11) is 0. The van der Waals surface area contributed by atoms with Gasteiger partial charge in [-0.3, -0.25) is 9.59 Å². The average molecular weight is 537 g/mol. The summed E-state index contributed by atoms with van der Waals surface area (Å²) >= 11 is 0. The molecule has 4 heteroatoms.